The maximum atomic E-state index is 5.03. The number of hydrogen-bond donors (Lipinski definition) is 0. The van der Waals surface area contributed by atoms with Crippen molar-refractivity contribution in [2.45, 2.75) is 34.6 Å². The summed E-state index contributed by atoms with van der Waals surface area (Å²) in [4.78, 5) is 0.766. The van der Waals surface area contributed by atoms with Gasteiger partial charge in [0.15, 0.2) is 0 Å². The van der Waals surface area contributed by atoms with Crippen LogP contribution in [0.3, 0.4) is 0 Å². The summed E-state index contributed by atoms with van der Waals surface area (Å²) < 4.78 is 0. The van der Waals surface area contributed by atoms with Gasteiger partial charge in [-0.15, -0.1) is 0 Å². The largest absolute Gasteiger partial charge is 0.262 e. The molecule has 0 bridgehead atoms. The monoisotopic (exact) mass is 250 g/mol. The van der Waals surface area contributed by atoms with Gasteiger partial charge in [-0.05, 0) is 26.3 Å². The molecule has 0 spiro atoms. The van der Waals surface area contributed by atoms with Gasteiger partial charge in [0.05, 0.1) is 10.7 Å². The molecule has 0 saturated carbocycles. The molecular weight excluding hydrogens is 228 g/mol. The van der Waals surface area contributed by atoms with E-state index >= 15 is 0 Å². The summed E-state index contributed by atoms with van der Waals surface area (Å²) in [6, 6.07) is 8.28. The molecule has 0 heterocycles. The third-order valence-electron chi connectivity index (χ3n) is 2.19. The van der Waals surface area contributed by atoms with Crippen LogP contribution in [0.25, 0.3) is 0 Å². The minimum absolute atomic E-state index is 0.766. The molecule has 94 valence electrons. The second kappa shape index (κ2) is 7.96. The molecule has 0 N–H and O–H groups in total. The Bertz CT molecular complexity index is 397. The average molecular weight is 250 g/mol. The molecule has 0 radical (unpaired) electrons. The van der Waals surface area contributed by atoms with Crippen LogP contribution in [0.1, 0.15) is 38.8 Å². The van der Waals surface area contributed by atoms with Crippen molar-refractivity contribution in [2.24, 2.45) is 5.10 Å². The molecule has 0 aliphatic rings. The lowest BCUT2D eigenvalue weighted by molar-refractivity contribution is 0.551. The first-order valence-electron chi connectivity index (χ1n) is 5.87. The zero-order chi connectivity index (χ0) is 13.4. The van der Waals surface area contributed by atoms with Crippen molar-refractivity contribution in [2.75, 3.05) is 7.05 Å². The highest BCUT2D eigenvalue weighted by atomic mass is 32.1. The summed E-state index contributed by atoms with van der Waals surface area (Å²) in [7, 11) is 1.86. The van der Waals surface area contributed by atoms with E-state index in [0.717, 1.165) is 16.3 Å². The Morgan fingerprint density at radius 2 is 1.82 bits per heavy atom. The zero-order valence-corrected chi connectivity index (χ0v) is 12.4. The van der Waals surface area contributed by atoms with Gasteiger partial charge in [-0.25, -0.2) is 0 Å². The Morgan fingerprint density at radius 1 is 1.24 bits per heavy atom. The Hall–Kier alpha value is -1.22. The fourth-order valence-corrected chi connectivity index (χ4v) is 1.26. The molecule has 17 heavy (non-hydrogen) atoms. The van der Waals surface area contributed by atoms with E-state index in [1.54, 1.807) is 5.01 Å². The first-order chi connectivity index (χ1) is 8.00. The summed E-state index contributed by atoms with van der Waals surface area (Å²) in [5, 5.41) is 6.11. The van der Waals surface area contributed by atoms with Gasteiger partial charge in [-0.1, -0.05) is 55.9 Å². The number of rotatable bonds is 2. The van der Waals surface area contributed by atoms with Crippen molar-refractivity contribution in [3.05, 3.63) is 35.4 Å². The van der Waals surface area contributed by atoms with Crippen LogP contribution in [0.4, 0.5) is 0 Å². The third-order valence-corrected chi connectivity index (χ3v) is 2.46. The Kier molecular flexibility index (Phi) is 7.39. The summed E-state index contributed by atoms with van der Waals surface area (Å²) >= 11 is 5.03. The molecule has 1 rings (SSSR count). The lowest BCUT2D eigenvalue weighted by Gasteiger charge is -2.12. The molecule has 1 aromatic carbocycles. The van der Waals surface area contributed by atoms with Gasteiger partial charge in [-0.3, -0.25) is 5.01 Å². The van der Waals surface area contributed by atoms with E-state index in [-0.39, 0.29) is 0 Å². The maximum Gasteiger partial charge on any atom is 0.0959 e. The van der Waals surface area contributed by atoms with Crippen LogP contribution in [0, 0.1) is 6.92 Å². The van der Waals surface area contributed by atoms with Crippen LogP contribution in [0.15, 0.2) is 29.4 Å². The molecule has 0 fully saturated rings. The van der Waals surface area contributed by atoms with E-state index in [4.69, 9.17) is 12.2 Å². The topological polar surface area (TPSA) is 15.6 Å². The van der Waals surface area contributed by atoms with Crippen molar-refractivity contribution >= 4 is 22.9 Å². The highest BCUT2D eigenvalue weighted by Crippen LogP contribution is 2.06. The molecule has 0 aromatic heterocycles. The van der Waals surface area contributed by atoms with E-state index < -0.39 is 0 Å². The summed E-state index contributed by atoms with van der Waals surface area (Å²) in [6.45, 7) is 9.93. The molecule has 2 nitrogen and oxygen atoms in total. The third kappa shape index (κ3) is 5.59. The zero-order valence-electron chi connectivity index (χ0n) is 11.6. The Labute approximate surface area is 110 Å². The first-order valence-corrected chi connectivity index (χ1v) is 6.28. The second-order valence-corrected chi connectivity index (χ2v) is 4.19. The molecule has 0 amide bonds. The van der Waals surface area contributed by atoms with Gasteiger partial charge in [-0.2, -0.15) is 5.10 Å². The minimum atomic E-state index is 0.766. The van der Waals surface area contributed by atoms with E-state index in [1.807, 2.05) is 40.8 Å². The molecule has 3 heteroatoms. The maximum absolute atomic E-state index is 5.03. The van der Waals surface area contributed by atoms with Gasteiger partial charge in [0.25, 0.3) is 0 Å². The van der Waals surface area contributed by atoms with Crippen molar-refractivity contribution in [3.63, 3.8) is 0 Å². The van der Waals surface area contributed by atoms with Crippen molar-refractivity contribution in [3.8, 4) is 0 Å². The Balaban J connectivity index is 0.00000121. The highest BCUT2D eigenvalue weighted by Gasteiger charge is 2.00. The van der Waals surface area contributed by atoms with Gasteiger partial charge in [0.1, 0.15) is 0 Å². The molecule has 0 atom stereocenters. The van der Waals surface area contributed by atoms with Gasteiger partial charge < -0.3 is 0 Å². The van der Waals surface area contributed by atoms with Crippen LogP contribution < -0.4 is 0 Å². The molecular formula is C14H22N2S. The normalized spacial score (nSPS) is 10.4. The lowest BCUT2D eigenvalue weighted by Crippen LogP contribution is -2.17. The standard InChI is InChI=1S/C12H16N2S.C2H6/c1-9-6-5-7-12(8-9)10(2)13-14(4)11(3)15;1-2/h5-8H,1-4H3;1-2H3/b13-10+;. The Morgan fingerprint density at radius 3 is 2.29 bits per heavy atom. The highest BCUT2D eigenvalue weighted by molar-refractivity contribution is 7.80. The number of nitrogens with zero attached hydrogens (tertiary/aromatic N) is 2. The number of aryl methyl sites for hydroxylation is 1. The molecule has 0 aliphatic heterocycles. The van der Waals surface area contributed by atoms with Crippen LogP contribution in [0.2, 0.25) is 0 Å². The van der Waals surface area contributed by atoms with Gasteiger partial charge in [0.2, 0.25) is 0 Å². The number of benzene rings is 1. The molecule has 1 aromatic rings. The van der Waals surface area contributed by atoms with Crippen LogP contribution in [-0.4, -0.2) is 22.8 Å². The van der Waals surface area contributed by atoms with E-state index in [1.165, 1.54) is 5.56 Å². The fraction of sp³-hybridized carbons (Fsp3) is 0.429. The summed E-state index contributed by atoms with van der Waals surface area (Å²) in [5.74, 6) is 0. The quantitative estimate of drug-likeness (QED) is 0.447. The van der Waals surface area contributed by atoms with Crippen molar-refractivity contribution < 1.29 is 0 Å². The number of thiocarbonyl (C=S) groups is 1. The van der Waals surface area contributed by atoms with E-state index in [0.29, 0.717) is 0 Å². The smallest absolute Gasteiger partial charge is 0.0959 e. The van der Waals surface area contributed by atoms with Crippen LogP contribution >= 0.6 is 12.2 Å². The van der Waals surface area contributed by atoms with Crippen molar-refractivity contribution in [1.29, 1.82) is 0 Å². The number of hydrogen-bond acceptors (Lipinski definition) is 2. The number of hydrazone groups is 1. The van der Waals surface area contributed by atoms with Gasteiger partial charge in [0, 0.05) is 7.05 Å². The van der Waals surface area contributed by atoms with E-state index in [9.17, 15) is 0 Å². The van der Waals surface area contributed by atoms with E-state index in [2.05, 4.69) is 30.2 Å². The fourth-order valence-electron chi connectivity index (χ4n) is 1.22. The van der Waals surface area contributed by atoms with Crippen LogP contribution in [0.5, 0.6) is 0 Å². The van der Waals surface area contributed by atoms with Crippen LogP contribution in [-0.2, 0) is 0 Å². The SMILES string of the molecule is CC.CC(=S)N(C)/N=C(\C)c1cccc(C)c1. The first kappa shape index (κ1) is 15.8. The second-order valence-electron chi connectivity index (χ2n) is 3.60. The van der Waals surface area contributed by atoms with Gasteiger partial charge >= 0.3 is 0 Å². The lowest BCUT2D eigenvalue weighted by atomic mass is 10.1. The predicted octanol–water partition coefficient (Wildman–Crippen LogP) is 4.02. The minimum Gasteiger partial charge on any atom is -0.262 e. The molecule has 0 unspecified atom stereocenters. The average Bonchev–Trinajstić information content (AvgIpc) is 2.31. The summed E-state index contributed by atoms with van der Waals surface area (Å²) in [5.41, 5.74) is 3.35. The van der Waals surface area contributed by atoms with Crippen molar-refractivity contribution in [1.82, 2.24) is 5.01 Å². The molecule has 0 aliphatic carbocycles. The predicted molar refractivity (Wildman–Crippen MR) is 80.8 cm³/mol. The molecule has 0 saturated heterocycles. The summed E-state index contributed by atoms with van der Waals surface area (Å²) in [6.07, 6.45) is 0.